The molecule has 0 saturated carbocycles. The minimum absolute atomic E-state index is 0.129. The van der Waals surface area contributed by atoms with Crippen LogP contribution in [0.25, 0.3) is 0 Å². The van der Waals surface area contributed by atoms with Crippen LogP contribution in [-0.4, -0.2) is 37.2 Å². The molecule has 0 bridgehead atoms. The lowest BCUT2D eigenvalue weighted by Gasteiger charge is -2.18. The van der Waals surface area contributed by atoms with Crippen LogP contribution in [-0.2, 0) is 28.6 Å². The molecule has 0 aromatic rings. The first-order chi connectivity index (χ1) is 34.0. The second-order valence-electron chi connectivity index (χ2n) is 17.0. The van der Waals surface area contributed by atoms with Gasteiger partial charge in [0.05, 0.1) is 0 Å². The highest BCUT2D eigenvalue weighted by atomic mass is 16.6. The first-order valence-electron chi connectivity index (χ1n) is 27.0. The molecule has 0 aromatic carbocycles. The first kappa shape index (κ1) is 64.0. The molecule has 0 saturated heterocycles. The van der Waals surface area contributed by atoms with Crippen LogP contribution in [0.5, 0.6) is 0 Å². The zero-order valence-electron chi connectivity index (χ0n) is 43.8. The predicted octanol–water partition coefficient (Wildman–Crippen LogP) is 18.2. The Morgan fingerprint density at radius 1 is 0.290 bits per heavy atom. The molecule has 384 valence electrons. The van der Waals surface area contributed by atoms with Gasteiger partial charge in [-0.3, -0.25) is 14.4 Å². The van der Waals surface area contributed by atoms with Gasteiger partial charge in [0.1, 0.15) is 13.2 Å². The van der Waals surface area contributed by atoms with Crippen molar-refractivity contribution >= 4 is 17.9 Å². The maximum atomic E-state index is 12.8. The lowest BCUT2D eigenvalue weighted by atomic mass is 10.1. The van der Waals surface area contributed by atoms with Crippen molar-refractivity contribution in [1.29, 1.82) is 0 Å². The van der Waals surface area contributed by atoms with Crippen LogP contribution in [0.3, 0.4) is 0 Å². The molecular weight excluding hydrogens is 853 g/mol. The quantitative estimate of drug-likeness (QED) is 0.0262. The van der Waals surface area contributed by atoms with E-state index >= 15 is 0 Å². The van der Waals surface area contributed by atoms with Gasteiger partial charge in [-0.25, -0.2) is 0 Å². The first-order valence-corrected chi connectivity index (χ1v) is 27.0. The summed E-state index contributed by atoms with van der Waals surface area (Å²) in [7, 11) is 0. The largest absolute Gasteiger partial charge is 0.462 e. The van der Waals surface area contributed by atoms with Crippen molar-refractivity contribution in [1.82, 2.24) is 0 Å². The van der Waals surface area contributed by atoms with E-state index in [4.69, 9.17) is 14.2 Å². The van der Waals surface area contributed by atoms with E-state index in [1.54, 1.807) is 0 Å². The van der Waals surface area contributed by atoms with Crippen molar-refractivity contribution in [2.45, 2.75) is 207 Å². The van der Waals surface area contributed by atoms with Gasteiger partial charge in [0.15, 0.2) is 6.10 Å². The van der Waals surface area contributed by atoms with Crippen LogP contribution >= 0.6 is 0 Å². The summed E-state index contributed by atoms with van der Waals surface area (Å²) in [4.78, 5) is 38.1. The van der Waals surface area contributed by atoms with Crippen LogP contribution in [0.1, 0.15) is 201 Å². The maximum absolute atomic E-state index is 12.8. The van der Waals surface area contributed by atoms with E-state index in [1.165, 1.54) is 12.8 Å². The molecule has 1 unspecified atom stereocenters. The Kier molecular flexibility index (Phi) is 51.6. The van der Waals surface area contributed by atoms with E-state index in [0.717, 1.165) is 135 Å². The maximum Gasteiger partial charge on any atom is 0.306 e. The third kappa shape index (κ3) is 53.8. The normalized spacial score (nSPS) is 13.4. The smallest absolute Gasteiger partial charge is 0.306 e. The number of ether oxygens (including phenoxy) is 3. The Labute approximate surface area is 422 Å². The zero-order valence-corrected chi connectivity index (χ0v) is 43.8. The topological polar surface area (TPSA) is 78.9 Å². The van der Waals surface area contributed by atoms with Gasteiger partial charge in [-0.1, -0.05) is 211 Å². The summed E-state index contributed by atoms with van der Waals surface area (Å²) < 4.78 is 16.7. The fraction of sp³-hybridized carbons (Fsp3) is 0.540. The van der Waals surface area contributed by atoms with Gasteiger partial charge in [0, 0.05) is 19.3 Å². The standard InChI is InChI=1S/C63H96O6/c1-4-7-10-13-16-19-22-25-28-31-32-33-36-38-41-44-47-50-53-56-62(65)68-59-60(69-63(66)57-54-51-48-45-42-39-35-30-27-24-21-18-15-12-9-6-3)58-67-61(64)55-52-49-46-43-40-37-34-29-26-23-20-17-14-11-8-5-2/h7-12,16-21,25-30,32-33,38-39,41-42,47,50,60H,4-6,13-15,22-24,31,34-37,40,43-46,48-49,51-59H2,1-3H3/b10-7-,11-8-,12-9-,19-16-,20-17-,21-18-,28-25-,29-26-,30-27-,33-32-,41-38-,42-39-,50-47-. The molecule has 0 heterocycles. The average molecular weight is 949 g/mol. The minimum atomic E-state index is -0.839. The van der Waals surface area contributed by atoms with Gasteiger partial charge in [0.2, 0.25) is 0 Å². The number of rotatable bonds is 46. The van der Waals surface area contributed by atoms with Gasteiger partial charge in [-0.2, -0.15) is 0 Å². The third-order valence-corrected chi connectivity index (χ3v) is 10.5. The molecule has 0 spiro atoms. The molecule has 0 aromatic heterocycles. The lowest BCUT2D eigenvalue weighted by Crippen LogP contribution is -2.30. The van der Waals surface area contributed by atoms with Gasteiger partial charge in [0.25, 0.3) is 0 Å². The van der Waals surface area contributed by atoms with Crippen LogP contribution in [0.2, 0.25) is 0 Å². The van der Waals surface area contributed by atoms with E-state index in [1.807, 2.05) is 12.2 Å². The van der Waals surface area contributed by atoms with Crippen molar-refractivity contribution in [3.63, 3.8) is 0 Å². The summed E-state index contributed by atoms with van der Waals surface area (Å²) in [5.74, 6) is -1.07. The predicted molar refractivity (Wildman–Crippen MR) is 297 cm³/mol. The number of hydrogen-bond donors (Lipinski definition) is 0. The van der Waals surface area contributed by atoms with Gasteiger partial charge >= 0.3 is 17.9 Å². The second kappa shape index (κ2) is 55.6. The second-order valence-corrected chi connectivity index (χ2v) is 17.0. The van der Waals surface area contributed by atoms with Crippen molar-refractivity contribution in [3.05, 3.63) is 158 Å². The highest BCUT2D eigenvalue weighted by Gasteiger charge is 2.19. The number of carbonyl (C=O) groups excluding carboxylic acids is 3. The van der Waals surface area contributed by atoms with E-state index in [-0.39, 0.29) is 44.0 Å². The number of esters is 3. The van der Waals surface area contributed by atoms with Crippen LogP contribution in [0.15, 0.2) is 158 Å². The van der Waals surface area contributed by atoms with Crippen molar-refractivity contribution < 1.29 is 28.6 Å². The van der Waals surface area contributed by atoms with Crippen molar-refractivity contribution in [2.75, 3.05) is 13.2 Å². The van der Waals surface area contributed by atoms with Crippen LogP contribution < -0.4 is 0 Å². The summed E-state index contributed by atoms with van der Waals surface area (Å²) in [6.07, 6.45) is 80.9. The van der Waals surface area contributed by atoms with Gasteiger partial charge < -0.3 is 14.2 Å². The summed E-state index contributed by atoms with van der Waals surface area (Å²) in [6.45, 7) is 6.17. The van der Waals surface area contributed by atoms with E-state index in [2.05, 4.69) is 167 Å². The molecular formula is C63H96O6. The molecule has 0 rings (SSSR count). The highest BCUT2D eigenvalue weighted by Crippen LogP contribution is 2.12. The van der Waals surface area contributed by atoms with Gasteiger partial charge in [-0.15, -0.1) is 0 Å². The molecule has 0 amide bonds. The number of allylic oxidation sites excluding steroid dienone is 26. The molecule has 0 fully saturated rings. The number of hydrogen-bond acceptors (Lipinski definition) is 6. The van der Waals surface area contributed by atoms with Gasteiger partial charge in [-0.05, 0) is 128 Å². The van der Waals surface area contributed by atoms with Crippen LogP contribution in [0.4, 0.5) is 0 Å². The number of carbonyl (C=O) groups is 3. The summed E-state index contributed by atoms with van der Waals surface area (Å²) in [5.41, 5.74) is 0. The third-order valence-electron chi connectivity index (χ3n) is 10.5. The molecule has 0 aliphatic rings. The molecule has 0 aliphatic heterocycles. The molecule has 6 nitrogen and oxygen atoms in total. The molecule has 0 radical (unpaired) electrons. The zero-order chi connectivity index (χ0) is 50.0. The van der Waals surface area contributed by atoms with E-state index in [0.29, 0.717) is 19.3 Å². The summed E-state index contributed by atoms with van der Waals surface area (Å²) in [6, 6.07) is 0. The fourth-order valence-electron chi connectivity index (χ4n) is 6.59. The Bertz CT molecular complexity index is 1610. The number of unbranched alkanes of at least 4 members (excludes halogenated alkanes) is 9. The van der Waals surface area contributed by atoms with Crippen molar-refractivity contribution in [3.8, 4) is 0 Å². The summed E-state index contributed by atoms with van der Waals surface area (Å²) in [5, 5.41) is 0. The average Bonchev–Trinajstić information content (AvgIpc) is 3.35. The Morgan fingerprint density at radius 2 is 0.551 bits per heavy atom. The Balaban J connectivity index is 4.61. The molecule has 0 N–H and O–H groups in total. The molecule has 6 heteroatoms. The molecule has 69 heavy (non-hydrogen) atoms. The molecule has 1 atom stereocenters. The van der Waals surface area contributed by atoms with Crippen LogP contribution in [0, 0.1) is 0 Å². The van der Waals surface area contributed by atoms with E-state index in [9.17, 15) is 14.4 Å². The lowest BCUT2D eigenvalue weighted by molar-refractivity contribution is -0.166. The SMILES string of the molecule is CC/C=C\C/C=C\C/C=C\C/C=C\C/C=C\C/C=C\CCC(=O)OCC(COC(=O)CCCCCCCC/C=C\C/C=C\C/C=C\CC)OC(=O)CCCCC/C=C\C/C=C\C/C=C\C/C=C\CC. The Hall–Kier alpha value is -4.97. The monoisotopic (exact) mass is 949 g/mol. The molecule has 0 aliphatic carbocycles. The Morgan fingerprint density at radius 3 is 0.913 bits per heavy atom. The van der Waals surface area contributed by atoms with Crippen molar-refractivity contribution in [2.24, 2.45) is 0 Å². The minimum Gasteiger partial charge on any atom is -0.462 e. The van der Waals surface area contributed by atoms with E-state index < -0.39 is 6.10 Å². The summed E-state index contributed by atoms with van der Waals surface area (Å²) >= 11 is 0. The highest BCUT2D eigenvalue weighted by molar-refractivity contribution is 5.71. The fourth-order valence-corrected chi connectivity index (χ4v) is 6.59.